The quantitative estimate of drug-likeness (QED) is 0.529. The first kappa shape index (κ1) is 20.1. The van der Waals surface area contributed by atoms with E-state index in [1.165, 1.54) is 0 Å². The van der Waals surface area contributed by atoms with Crippen LogP contribution >= 0.6 is 23.4 Å². The van der Waals surface area contributed by atoms with Crippen molar-refractivity contribution >= 4 is 35.2 Å². The molecule has 0 heterocycles. The molecule has 2 aromatic carbocycles. The fraction of sp³-hybridized carbons (Fsp3) is 0.263. The van der Waals surface area contributed by atoms with Crippen LogP contribution in [0, 0.1) is 0 Å². The van der Waals surface area contributed by atoms with Gasteiger partial charge in [-0.2, -0.15) is 11.8 Å². The van der Waals surface area contributed by atoms with Gasteiger partial charge in [-0.3, -0.25) is 20.4 Å². The van der Waals surface area contributed by atoms with Crippen molar-refractivity contribution in [3.8, 4) is 5.75 Å². The molecule has 0 fully saturated rings. The maximum Gasteiger partial charge on any atom is 0.269 e. The standard InChI is InChI=1S/C19H21ClN2O3S/c1-2-26-12-11-18(23)21-22-19(24)15-5-3-14(4-6-15)13-25-17-9-7-16(20)8-10-17/h3-10H,2,11-13H2,1H3,(H,21,23)(H,22,24). The zero-order valence-corrected chi connectivity index (χ0v) is 16.0. The molecule has 0 saturated carbocycles. The van der Waals surface area contributed by atoms with Crippen LogP contribution in [0.4, 0.5) is 0 Å². The molecule has 0 aliphatic heterocycles. The summed E-state index contributed by atoms with van der Waals surface area (Å²) < 4.78 is 5.65. The van der Waals surface area contributed by atoms with E-state index in [2.05, 4.69) is 10.9 Å². The molecule has 0 unspecified atom stereocenters. The number of carbonyl (C=O) groups excluding carboxylic acids is 2. The van der Waals surface area contributed by atoms with Crippen LogP contribution in [0.1, 0.15) is 29.3 Å². The van der Waals surface area contributed by atoms with E-state index in [9.17, 15) is 9.59 Å². The van der Waals surface area contributed by atoms with Crippen molar-refractivity contribution in [3.05, 3.63) is 64.7 Å². The SMILES string of the molecule is CCSCCC(=O)NNC(=O)c1ccc(COc2ccc(Cl)cc2)cc1. The van der Waals surface area contributed by atoms with Crippen LogP contribution in [0.3, 0.4) is 0 Å². The van der Waals surface area contributed by atoms with Crippen LogP contribution in [-0.2, 0) is 11.4 Å². The summed E-state index contributed by atoms with van der Waals surface area (Å²) in [5.41, 5.74) is 6.22. The highest BCUT2D eigenvalue weighted by molar-refractivity contribution is 7.99. The Bertz CT molecular complexity index is 721. The fourth-order valence-corrected chi connectivity index (χ4v) is 2.76. The van der Waals surface area contributed by atoms with Gasteiger partial charge in [0.25, 0.3) is 5.91 Å². The molecule has 0 radical (unpaired) electrons. The summed E-state index contributed by atoms with van der Waals surface area (Å²) in [6.07, 6.45) is 0.375. The summed E-state index contributed by atoms with van der Waals surface area (Å²) in [5.74, 6) is 1.87. The molecule has 0 spiro atoms. The van der Waals surface area contributed by atoms with Crippen molar-refractivity contribution in [3.63, 3.8) is 0 Å². The molecule has 2 amide bonds. The van der Waals surface area contributed by atoms with Crippen molar-refractivity contribution in [2.75, 3.05) is 11.5 Å². The van der Waals surface area contributed by atoms with Gasteiger partial charge >= 0.3 is 0 Å². The zero-order valence-electron chi connectivity index (χ0n) is 14.5. The van der Waals surface area contributed by atoms with Crippen molar-refractivity contribution in [2.45, 2.75) is 20.0 Å². The van der Waals surface area contributed by atoms with Gasteiger partial charge < -0.3 is 4.74 Å². The van der Waals surface area contributed by atoms with Gasteiger partial charge in [0.1, 0.15) is 12.4 Å². The number of thioether (sulfide) groups is 1. The van der Waals surface area contributed by atoms with Crippen molar-refractivity contribution in [1.82, 2.24) is 10.9 Å². The molecule has 0 bridgehead atoms. The normalized spacial score (nSPS) is 10.2. The monoisotopic (exact) mass is 392 g/mol. The van der Waals surface area contributed by atoms with Crippen molar-refractivity contribution in [1.29, 1.82) is 0 Å². The number of hydrogen-bond donors (Lipinski definition) is 2. The average molecular weight is 393 g/mol. The number of nitrogens with one attached hydrogen (secondary N) is 2. The summed E-state index contributed by atoms with van der Waals surface area (Å²) in [6, 6.07) is 14.1. The molecule has 5 nitrogen and oxygen atoms in total. The Morgan fingerprint density at radius 1 is 1.04 bits per heavy atom. The first-order valence-electron chi connectivity index (χ1n) is 8.22. The lowest BCUT2D eigenvalue weighted by Crippen LogP contribution is -2.41. The molecule has 0 aliphatic carbocycles. The van der Waals surface area contributed by atoms with E-state index < -0.39 is 0 Å². The largest absolute Gasteiger partial charge is 0.489 e. The molecule has 0 aromatic heterocycles. The lowest BCUT2D eigenvalue weighted by Gasteiger charge is -2.09. The van der Waals surface area contributed by atoms with Gasteiger partial charge in [0.05, 0.1) is 0 Å². The third-order valence-electron chi connectivity index (χ3n) is 3.43. The minimum absolute atomic E-state index is 0.202. The summed E-state index contributed by atoms with van der Waals surface area (Å²) in [4.78, 5) is 23.6. The first-order valence-corrected chi connectivity index (χ1v) is 9.76. The molecule has 0 aliphatic rings. The van der Waals surface area contributed by atoms with Gasteiger partial charge in [-0.1, -0.05) is 30.7 Å². The molecule has 7 heteroatoms. The van der Waals surface area contributed by atoms with Crippen LogP contribution in [0.15, 0.2) is 48.5 Å². The molecule has 2 aromatic rings. The van der Waals surface area contributed by atoms with Crippen LogP contribution in [0.2, 0.25) is 5.02 Å². The number of halogens is 1. The first-order chi connectivity index (χ1) is 12.6. The van der Waals surface area contributed by atoms with E-state index in [0.29, 0.717) is 23.6 Å². The lowest BCUT2D eigenvalue weighted by molar-refractivity contribution is -0.121. The van der Waals surface area contributed by atoms with Crippen LogP contribution in [0.25, 0.3) is 0 Å². The highest BCUT2D eigenvalue weighted by Crippen LogP contribution is 2.17. The average Bonchev–Trinajstić information content (AvgIpc) is 2.66. The lowest BCUT2D eigenvalue weighted by atomic mass is 10.1. The Morgan fingerprint density at radius 3 is 2.38 bits per heavy atom. The van der Waals surface area contributed by atoms with E-state index in [1.807, 2.05) is 19.1 Å². The highest BCUT2D eigenvalue weighted by Gasteiger charge is 2.07. The second-order valence-electron chi connectivity index (χ2n) is 5.39. The molecule has 26 heavy (non-hydrogen) atoms. The maximum atomic E-state index is 12.0. The van der Waals surface area contributed by atoms with E-state index >= 15 is 0 Å². The van der Waals surface area contributed by atoms with Gasteiger partial charge in [0.2, 0.25) is 5.91 Å². The number of rotatable bonds is 8. The van der Waals surface area contributed by atoms with Crippen molar-refractivity contribution < 1.29 is 14.3 Å². The van der Waals surface area contributed by atoms with Crippen LogP contribution in [-0.4, -0.2) is 23.3 Å². The zero-order chi connectivity index (χ0) is 18.8. The number of amides is 2. The van der Waals surface area contributed by atoms with Gasteiger partial charge in [0, 0.05) is 22.8 Å². The number of hydrogen-bond acceptors (Lipinski definition) is 4. The third-order valence-corrected chi connectivity index (χ3v) is 4.58. The molecule has 138 valence electrons. The van der Waals surface area contributed by atoms with Gasteiger partial charge in [-0.25, -0.2) is 0 Å². The Kier molecular flexibility index (Phi) is 8.31. The summed E-state index contributed by atoms with van der Waals surface area (Å²) in [6.45, 7) is 2.42. The van der Waals surface area contributed by atoms with Crippen LogP contribution < -0.4 is 15.6 Å². The Morgan fingerprint density at radius 2 is 1.73 bits per heavy atom. The number of carbonyl (C=O) groups is 2. The van der Waals surface area contributed by atoms with Crippen LogP contribution in [0.5, 0.6) is 5.75 Å². The number of hydrazine groups is 1. The summed E-state index contributed by atoms with van der Waals surface area (Å²) >= 11 is 7.51. The predicted octanol–water partition coefficient (Wildman–Crippen LogP) is 3.82. The molecule has 2 rings (SSSR count). The highest BCUT2D eigenvalue weighted by atomic mass is 35.5. The molecule has 2 N–H and O–H groups in total. The van der Waals surface area contributed by atoms with Gasteiger partial charge in [-0.15, -0.1) is 0 Å². The molecule has 0 atom stereocenters. The smallest absolute Gasteiger partial charge is 0.269 e. The Labute approximate surface area is 162 Å². The second kappa shape index (κ2) is 10.7. The maximum absolute atomic E-state index is 12.0. The summed E-state index contributed by atoms with van der Waals surface area (Å²) in [5, 5.41) is 0.656. The third kappa shape index (κ3) is 6.98. The Balaban J connectivity index is 1.77. The van der Waals surface area contributed by atoms with E-state index in [-0.39, 0.29) is 11.8 Å². The minimum Gasteiger partial charge on any atom is -0.489 e. The second-order valence-corrected chi connectivity index (χ2v) is 7.22. The van der Waals surface area contributed by atoms with Crippen molar-refractivity contribution in [2.24, 2.45) is 0 Å². The van der Waals surface area contributed by atoms with Gasteiger partial charge in [0.15, 0.2) is 0 Å². The predicted molar refractivity (Wildman–Crippen MR) is 105 cm³/mol. The fourth-order valence-electron chi connectivity index (χ4n) is 2.02. The van der Waals surface area contributed by atoms with E-state index in [1.54, 1.807) is 48.2 Å². The number of benzene rings is 2. The molecular weight excluding hydrogens is 372 g/mol. The van der Waals surface area contributed by atoms with E-state index in [4.69, 9.17) is 16.3 Å². The molecular formula is C19H21ClN2O3S. The summed E-state index contributed by atoms with van der Waals surface area (Å²) in [7, 11) is 0. The Hall–Kier alpha value is -2.18. The topological polar surface area (TPSA) is 67.4 Å². The van der Waals surface area contributed by atoms with E-state index in [0.717, 1.165) is 22.8 Å². The molecule has 0 saturated heterocycles. The minimum atomic E-state index is -0.355. The van der Waals surface area contributed by atoms with Gasteiger partial charge in [-0.05, 0) is 47.7 Å². The number of ether oxygens (including phenoxy) is 1.